The number of ether oxygens (including phenoxy) is 1. The third kappa shape index (κ3) is 9.12. The maximum atomic E-state index is 5.80. The monoisotopic (exact) mass is 396 g/mol. The summed E-state index contributed by atoms with van der Waals surface area (Å²) >= 11 is 14.6. The van der Waals surface area contributed by atoms with Gasteiger partial charge >= 0.3 is 0 Å². The second-order valence-electron chi connectivity index (χ2n) is 5.13. The van der Waals surface area contributed by atoms with Crippen LogP contribution in [0.3, 0.4) is 0 Å². The normalized spacial score (nSPS) is 10.0. The Labute approximate surface area is 166 Å². The first-order chi connectivity index (χ1) is 12.0. The molecule has 0 fully saturated rings. The summed E-state index contributed by atoms with van der Waals surface area (Å²) < 4.78 is 6.09. The zero-order valence-electron chi connectivity index (χ0n) is 14.8. The van der Waals surface area contributed by atoms with Crippen LogP contribution in [0.1, 0.15) is 20.8 Å². The molecule has 0 radical (unpaired) electrons. The minimum Gasteiger partial charge on any atom is -0.457 e. The highest BCUT2D eigenvalue weighted by Gasteiger charge is 1.98. The molecule has 2 aromatic carbocycles. The van der Waals surface area contributed by atoms with Gasteiger partial charge in [-0.15, -0.1) is 12.6 Å². The van der Waals surface area contributed by atoms with E-state index in [1.807, 2.05) is 36.4 Å². The van der Waals surface area contributed by atoms with Crippen molar-refractivity contribution in [1.29, 1.82) is 0 Å². The number of nitrogens with zero attached hydrogens (tertiary/aromatic N) is 1. The van der Waals surface area contributed by atoms with Crippen molar-refractivity contribution >= 4 is 46.5 Å². The van der Waals surface area contributed by atoms with Crippen LogP contribution >= 0.6 is 36.4 Å². The molecule has 0 saturated carbocycles. The number of thiol groups is 1. The maximum absolute atomic E-state index is 5.80. The first-order valence-electron chi connectivity index (χ1n) is 8.24. The van der Waals surface area contributed by atoms with Crippen molar-refractivity contribution in [2.24, 2.45) is 0 Å². The number of benzene rings is 2. The van der Waals surface area contributed by atoms with E-state index in [1.54, 1.807) is 12.1 Å². The van der Waals surface area contributed by atoms with E-state index in [1.165, 1.54) is 19.6 Å². The van der Waals surface area contributed by atoms with Crippen LogP contribution in [-0.4, -0.2) is 28.9 Å². The van der Waals surface area contributed by atoms with Gasteiger partial charge in [-0.1, -0.05) is 44.6 Å². The minimum atomic E-state index is 0.432. The van der Waals surface area contributed by atoms with Crippen LogP contribution in [0.25, 0.3) is 0 Å². The topological polar surface area (TPSA) is 24.5 Å². The van der Waals surface area contributed by atoms with Crippen molar-refractivity contribution in [3.05, 3.63) is 53.6 Å². The van der Waals surface area contributed by atoms with Crippen molar-refractivity contribution in [1.82, 2.24) is 4.90 Å². The first-order valence-corrected chi connectivity index (χ1v) is 9.47. The van der Waals surface area contributed by atoms with E-state index in [4.69, 9.17) is 28.6 Å². The second-order valence-corrected chi connectivity index (χ2v) is 6.72. The predicted octanol–water partition coefficient (Wildman–Crippen LogP) is 6.11. The average molecular weight is 397 g/mol. The van der Waals surface area contributed by atoms with Gasteiger partial charge in [0.05, 0.1) is 0 Å². The summed E-state index contributed by atoms with van der Waals surface area (Å²) in [6, 6.07) is 14.6. The summed E-state index contributed by atoms with van der Waals surface area (Å²) in [7, 11) is 0. The van der Waals surface area contributed by atoms with Gasteiger partial charge in [-0.05, 0) is 68.2 Å². The Morgan fingerprint density at radius 1 is 0.960 bits per heavy atom. The van der Waals surface area contributed by atoms with Crippen molar-refractivity contribution in [2.75, 3.05) is 25.0 Å². The molecule has 0 aliphatic rings. The third-order valence-electron chi connectivity index (χ3n) is 3.50. The van der Waals surface area contributed by atoms with Crippen molar-refractivity contribution in [2.45, 2.75) is 20.8 Å². The number of hydrogen-bond acceptors (Lipinski definition) is 3. The fourth-order valence-electron chi connectivity index (χ4n) is 2.04. The van der Waals surface area contributed by atoms with Crippen LogP contribution in [0, 0.1) is 0 Å². The molecule has 0 amide bonds. The Morgan fingerprint density at radius 2 is 1.40 bits per heavy atom. The molecule has 0 heterocycles. The van der Waals surface area contributed by atoms with Crippen LogP contribution in [0.5, 0.6) is 11.5 Å². The molecule has 2 rings (SSSR count). The summed E-state index contributed by atoms with van der Waals surface area (Å²) in [5.41, 5.74) is 0.874. The van der Waals surface area contributed by atoms with Crippen LogP contribution in [0.15, 0.2) is 48.5 Å². The Balaban J connectivity index is 0.000000381. The van der Waals surface area contributed by atoms with Crippen molar-refractivity contribution < 1.29 is 4.74 Å². The Morgan fingerprint density at radius 3 is 1.76 bits per heavy atom. The van der Waals surface area contributed by atoms with Crippen molar-refractivity contribution in [3.8, 4) is 11.5 Å². The van der Waals surface area contributed by atoms with Gasteiger partial charge in [0.15, 0.2) is 0 Å². The first kappa shape index (κ1) is 21.8. The molecule has 0 spiro atoms. The van der Waals surface area contributed by atoms with Crippen molar-refractivity contribution in [3.63, 3.8) is 0 Å². The smallest absolute Gasteiger partial charge is 0.135 e. The summed E-state index contributed by atoms with van der Waals surface area (Å²) in [5, 5.41) is 3.61. The number of halogens is 1. The lowest BCUT2D eigenvalue weighted by Crippen LogP contribution is -2.21. The highest BCUT2D eigenvalue weighted by atomic mass is 35.5. The Bertz CT molecular complexity index is 623. The molecule has 0 aliphatic carbocycles. The van der Waals surface area contributed by atoms with Crippen LogP contribution in [0.4, 0.5) is 5.69 Å². The zero-order chi connectivity index (χ0) is 18.7. The van der Waals surface area contributed by atoms with Crippen LogP contribution in [-0.2, 0) is 0 Å². The number of hydrogen-bond donors (Lipinski definition) is 2. The Hall–Kier alpha value is -1.27. The quantitative estimate of drug-likeness (QED) is 0.454. The van der Waals surface area contributed by atoms with Crippen LogP contribution in [0.2, 0.25) is 5.02 Å². The predicted molar refractivity (Wildman–Crippen MR) is 117 cm³/mol. The van der Waals surface area contributed by atoms with Gasteiger partial charge in [0.2, 0.25) is 0 Å². The molecule has 0 atom stereocenters. The Kier molecular flexibility index (Phi) is 10.6. The molecule has 2 aromatic rings. The molecular weight excluding hydrogens is 372 g/mol. The molecule has 6 heteroatoms. The second kappa shape index (κ2) is 12.1. The highest BCUT2D eigenvalue weighted by Crippen LogP contribution is 2.24. The highest BCUT2D eigenvalue weighted by molar-refractivity contribution is 8.11. The molecule has 25 heavy (non-hydrogen) atoms. The van der Waals surface area contributed by atoms with E-state index < -0.39 is 0 Å². The van der Waals surface area contributed by atoms with E-state index in [2.05, 4.69) is 43.6 Å². The number of nitrogens with one attached hydrogen (secondary N) is 1. The van der Waals surface area contributed by atoms with Gasteiger partial charge in [-0.25, -0.2) is 0 Å². The lowest BCUT2D eigenvalue weighted by atomic mass is 10.3. The largest absolute Gasteiger partial charge is 0.457 e. The van der Waals surface area contributed by atoms with Gasteiger partial charge in [-0.2, -0.15) is 0 Å². The number of thiocarbonyl (C=S) groups is 1. The van der Waals surface area contributed by atoms with E-state index in [9.17, 15) is 0 Å². The molecular formula is C19H25ClN2OS2. The summed E-state index contributed by atoms with van der Waals surface area (Å²) in [6.07, 6.45) is 0. The standard InChI is InChI=1S/C13H10ClNOS2.C6H15N/c14-9-1-5-11(6-2-9)16-12-7-3-10(4-8-12)15-13(17)18;1-4-7(5-2)6-3/h1-8H,(H2,15,17,18);4-6H2,1-3H3. The molecule has 0 unspecified atom stereocenters. The average Bonchev–Trinajstić information content (AvgIpc) is 2.60. The summed E-state index contributed by atoms with van der Waals surface area (Å²) in [4.78, 5) is 2.38. The molecule has 1 N–H and O–H groups in total. The third-order valence-corrected chi connectivity index (χ3v) is 3.96. The number of anilines is 1. The fraction of sp³-hybridized carbons (Fsp3) is 0.316. The van der Waals surface area contributed by atoms with Gasteiger partial charge in [0.25, 0.3) is 0 Å². The van der Waals surface area contributed by atoms with Gasteiger partial charge in [0, 0.05) is 10.7 Å². The van der Waals surface area contributed by atoms with E-state index >= 15 is 0 Å². The molecule has 136 valence electrons. The molecule has 0 aromatic heterocycles. The lowest BCUT2D eigenvalue weighted by molar-refractivity contribution is 0.321. The molecule has 0 aliphatic heterocycles. The maximum Gasteiger partial charge on any atom is 0.135 e. The van der Waals surface area contributed by atoms with E-state index in [0.717, 1.165) is 17.2 Å². The summed E-state index contributed by atoms with van der Waals surface area (Å²) in [5.74, 6) is 1.48. The number of rotatable bonds is 6. The van der Waals surface area contributed by atoms with E-state index in [-0.39, 0.29) is 0 Å². The molecule has 3 nitrogen and oxygen atoms in total. The van der Waals surface area contributed by atoms with Gasteiger partial charge < -0.3 is 15.0 Å². The summed E-state index contributed by atoms with van der Waals surface area (Å²) in [6.45, 7) is 10.1. The van der Waals surface area contributed by atoms with Crippen LogP contribution < -0.4 is 10.1 Å². The molecule has 0 saturated heterocycles. The SMILES string of the molecule is CCN(CC)CC.S=C(S)Nc1ccc(Oc2ccc(Cl)cc2)cc1. The minimum absolute atomic E-state index is 0.432. The molecule has 0 bridgehead atoms. The lowest BCUT2D eigenvalue weighted by Gasteiger charge is -2.13. The van der Waals surface area contributed by atoms with E-state index in [0.29, 0.717) is 9.34 Å². The fourth-order valence-corrected chi connectivity index (χ4v) is 2.41. The van der Waals surface area contributed by atoms with Gasteiger partial charge in [-0.3, -0.25) is 0 Å². The zero-order valence-corrected chi connectivity index (χ0v) is 17.3. The van der Waals surface area contributed by atoms with Gasteiger partial charge in [0.1, 0.15) is 15.8 Å².